The van der Waals surface area contributed by atoms with Gasteiger partial charge in [-0.05, 0) is 24.3 Å². The summed E-state index contributed by atoms with van der Waals surface area (Å²) in [6, 6.07) is 9.21. The van der Waals surface area contributed by atoms with Crippen molar-refractivity contribution in [3.63, 3.8) is 0 Å². The molecular formula is C12H14O2. The van der Waals surface area contributed by atoms with Crippen LogP contribution in [-0.4, -0.2) is 11.4 Å². The molecule has 0 amide bonds. The van der Waals surface area contributed by atoms with Crippen LogP contribution in [0.2, 0.25) is 0 Å². The van der Waals surface area contributed by atoms with Gasteiger partial charge in [0.15, 0.2) is 6.29 Å². The van der Waals surface area contributed by atoms with Gasteiger partial charge in [0.25, 0.3) is 0 Å². The highest BCUT2D eigenvalue weighted by Gasteiger charge is 2.41. The first-order valence-electron chi connectivity index (χ1n) is 5.01. The molecular weight excluding hydrogens is 176 g/mol. The molecule has 2 nitrogen and oxygen atoms in total. The molecule has 0 radical (unpaired) electrons. The van der Waals surface area contributed by atoms with Crippen LogP contribution >= 0.6 is 0 Å². The van der Waals surface area contributed by atoms with Crippen LogP contribution in [0.5, 0.6) is 0 Å². The molecule has 2 rings (SSSR count). The summed E-state index contributed by atoms with van der Waals surface area (Å²) >= 11 is 0. The van der Waals surface area contributed by atoms with Gasteiger partial charge in [-0.1, -0.05) is 36.8 Å². The standard InChI is InChI=1S/C12H14O2/c13-9-12(14,11-7-4-8-11)10-5-2-1-3-6-10/h1-3,5-6,9,11,14H,4,7-8H2. The third-order valence-corrected chi connectivity index (χ3v) is 3.14. The molecule has 14 heavy (non-hydrogen) atoms. The fourth-order valence-corrected chi connectivity index (χ4v) is 1.95. The summed E-state index contributed by atoms with van der Waals surface area (Å²) in [5.74, 6) is 0.113. The lowest BCUT2D eigenvalue weighted by molar-refractivity contribution is -0.135. The number of benzene rings is 1. The molecule has 1 aliphatic rings. The number of aliphatic hydroxyl groups is 1. The maximum atomic E-state index is 11.0. The van der Waals surface area contributed by atoms with Gasteiger partial charge in [0.1, 0.15) is 5.60 Å². The van der Waals surface area contributed by atoms with E-state index in [1.807, 2.05) is 30.3 Å². The van der Waals surface area contributed by atoms with Crippen molar-refractivity contribution in [1.82, 2.24) is 0 Å². The van der Waals surface area contributed by atoms with Crippen LogP contribution in [0, 0.1) is 5.92 Å². The Labute approximate surface area is 83.6 Å². The van der Waals surface area contributed by atoms with Gasteiger partial charge in [-0.25, -0.2) is 0 Å². The Bertz CT molecular complexity index is 316. The highest BCUT2D eigenvalue weighted by atomic mass is 16.3. The first-order valence-corrected chi connectivity index (χ1v) is 5.01. The lowest BCUT2D eigenvalue weighted by Crippen LogP contribution is -2.40. The molecule has 74 valence electrons. The van der Waals surface area contributed by atoms with Crippen LogP contribution in [0.4, 0.5) is 0 Å². The van der Waals surface area contributed by atoms with Gasteiger partial charge in [0.05, 0.1) is 0 Å². The van der Waals surface area contributed by atoms with Crippen molar-refractivity contribution in [3.8, 4) is 0 Å². The highest BCUT2D eigenvalue weighted by molar-refractivity contribution is 5.66. The number of carbonyl (C=O) groups excluding carboxylic acids is 1. The predicted molar refractivity (Wildman–Crippen MR) is 53.7 cm³/mol. The maximum absolute atomic E-state index is 11.0. The van der Waals surface area contributed by atoms with Gasteiger partial charge >= 0.3 is 0 Å². The van der Waals surface area contributed by atoms with Gasteiger partial charge in [-0.2, -0.15) is 0 Å². The van der Waals surface area contributed by atoms with E-state index in [-0.39, 0.29) is 5.92 Å². The Kier molecular flexibility index (Phi) is 2.38. The molecule has 1 atom stereocenters. The molecule has 1 aromatic carbocycles. The van der Waals surface area contributed by atoms with Crippen LogP contribution in [0.15, 0.2) is 30.3 Å². The van der Waals surface area contributed by atoms with E-state index in [2.05, 4.69) is 0 Å². The smallest absolute Gasteiger partial charge is 0.156 e. The van der Waals surface area contributed by atoms with Crippen molar-refractivity contribution in [2.24, 2.45) is 5.92 Å². The second-order valence-corrected chi connectivity index (χ2v) is 3.94. The number of rotatable bonds is 3. The average molecular weight is 190 g/mol. The topological polar surface area (TPSA) is 37.3 Å². The second-order valence-electron chi connectivity index (χ2n) is 3.94. The van der Waals surface area contributed by atoms with Gasteiger partial charge in [-0.15, -0.1) is 0 Å². The highest BCUT2D eigenvalue weighted by Crippen LogP contribution is 2.40. The van der Waals surface area contributed by atoms with E-state index in [4.69, 9.17) is 0 Å². The largest absolute Gasteiger partial charge is 0.377 e. The molecule has 0 saturated heterocycles. The van der Waals surface area contributed by atoms with Gasteiger partial charge in [0, 0.05) is 0 Å². The number of carbonyl (C=O) groups is 1. The van der Waals surface area contributed by atoms with E-state index < -0.39 is 5.60 Å². The molecule has 0 aromatic heterocycles. The average Bonchev–Trinajstić information content (AvgIpc) is 2.16. The van der Waals surface area contributed by atoms with Gasteiger partial charge in [0.2, 0.25) is 0 Å². The molecule has 0 spiro atoms. The van der Waals surface area contributed by atoms with Crippen LogP contribution < -0.4 is 0 Å². The molecule has 1 unspecified atom stereocenters. The first kappa shape index (κ1) is 9.41. The van der Waals surface area contributed by atoms with Crippen molar-refractivity contribution in [3.05, 3.63) is 35.9 Å². The zero-order valence-electron chi connectivity index (χ0n) is 8.02. The minimum atomic E-state index is -1.25. The third kappa shape index (κ3) is 1.36. The van der Waals surface area contributed by atoms with Crippen molar-refractivity contribution in [2.75, 3.05) is 0 Å². The maximum Gasteiger partial charge on any atom is 0.156 e. The van der Waals surface area contributed by atoms with Crippen LogP contribution in [0.25, 0.3) is 0 Å². The molecule has 1 saturated carbocycles. The molecule has 1 N–H and O–H groups in total. The molecule has 2 heteroatoms. The Balaban J connectivity index is 2.32. The van der Waals surface area contributed by atoms with Gasteiger partial charge < -0.3 is 5.11 Å². The monoisotopic (exact) mass is 190 g/mol. The van der Waals surface area contributed by atoms with Crippen LogP contribution in [-0.2, 0) is 10.4 Å². The van der Waals surface area contributed by atoms with E-state index in [1.165, 1.54) is 0 Å². The molecule has 1 aromatic rings. The van der Waals surface area contributed by atoms with Crippen LogP contribution in [0.1, 0.15) is 24.8 Å². The quantitative estimate of drug-likeness (QED) is 0.739. The fraction of sp³-hybridized carbons (Fsp3) is 0.417. The van der Waals surface area contributed by atoms with Crippen molar-refractivity contribution >= 4 is 6.29 Å². The molecule has 0 bridgehead atoms. The summed E-state index contributed by atoms with van der Waals surface area (Å²) in [6.07, 6.45) is 3.70. The molecule has 0 aliphatic heterocycles. The van der Waals surface area contributed by atoms with E-state index in [1.54, 1.807) is 0 Å². The normalized spacial score (nSPS) is 20.9. The summed E-state index contributed by atoms with van der Waals surface area (Å²) < 4.78 is 0. The second kappa shape index (κ2) is 3.54. The predicted octanol–water partition coefficient (Wildman–Crippen LogP) is 1.87. The van der Waals surface area contributed by atoms with E-state index in [9.17, 15) is 9.90 Å². The number of hydrogen-bond acceptors (Lipinski definition) is 2. The lowest BCUT2D eigenvalue weighted by Gasteiger charge is -2.37. The Morgan fingerprint density at radius 1 is 1.29 bits per heavy atom. The van der Waals surface area contributed by atoms with E-state index in [0.717, 1.165) is 24.8 Å². The van der Waals surface area contributed by atoms with Crippen molar-refractivity contribution < 1.29 is 9.90 Å². The zero-order valence-corrected chi connectivity index (χ0v) is 8.02. The summed E-state index contributed by atoms with van der Waals surface area (Å²) in [5.41, 5.74) is -0.529. The fourth-order valence-electron chi connectivity index (χ4n) is 1.95. The number of hydrogen-bond donors (Lipinski definition) is 1. The summed E-state index contributed by atoms with van der Waals surface area (Å²) in [7, 11) is 0. The Morgan fingerprint density at radius 3 is 2.36 bits per heavy atom. The Hall–Kier alpha value is -1.15. The first-order chi connectivity index (χ1) is 6.77. The van der Waals surface area contributed by atoms with E-state index in [0.29, 0.717) is 6.29 Å². The van der Waals surface area contributed by atoms with Crippen molar-refractivity contribution in [1.29, 1.82) is 0 Å². The summed E-state index contributed by atoms with van der Waals surface area (Å²) in [6.45, 7) is 0. The molecule has 0 heterocycles. The lowest BCUT2D eigenvalue weighted by atomic mass is 9.70. The summed E-state index contributed by atoms with van der Waals surface area (Å²) in [5, 5.41) is 10.2. The van der Waals surface area contributed by atoms with Crippen LogP contribution in [0.3, 0.4) is 0 Å². The SMILES string of the molecule is O=CC(O)(c1ccccc1)C1CCC1. The Morgan fingerprint density at radius 2 is 1.93 bits per heavy atom. The zero-order chi connectivity index (χ0) is 10.0. The molecule has 1 aliphatic carbocycles. The van der Waals surface area contributed by atoms with Gasteiger partial charge in [-0.3, -0.25) is 4.79 Å². The minimum absolute atomic E-state index is 0.113. The minimum Gasteiger partial charge on any atom is -0.377 e. The molecule has 1 fully saturated rings. The van der Waals surface area contributed by atoms with E-state index >= 15 is 0 Å². The summed E-state index contributed by atoms with van der Waals surface area (Å²) in [4.78, 5) is 11.0. The third-order valence-electron chi connectivity index (χ3n) is 3.14. The van der Waals surface area contributed by atoms with Crippen molar-refractivity contribution in [2.45, 2.75) is 24.9 Å². The number of aldehydes is 1.